The Morgan fingerprint density at radius 2 is 1.77 bits per heavy atom. The van der Waals surface area contributed by atoms with Crippen molar-refractivity contribution in [3.63, 3.8) is 0 Å². The van der Waals surface area contributed by atoms with Gasteiger partial charge in [0, 0.05) is 19.0 Å². The Hall–Kier alpha value is -3.52. The van der Waals surface area contributed by atoms with Gasteiger partial charge in [-0.05, 0) is 37.8 Å². The van der Waals surface area contributed by atoms with Crippen molar-refractivity contribution in [1.29, 1.82) is 0 Å². The van der Waals surface area contributed by atoms with Crippen molar-refractivity contribution in [2.75, 3.05) is 13.1 Å². The first-order valence-corrected chi connectivity index (χ1v) is 12.2. The van der Waals surface area contributed by atoms with Crippen LogP contribution in [-0.2, 0) is 22.7 Å². The molecule has 0 saturated carbocycles. The summed E-state index contributed by atoms with van der Waals surface area (Å²) in [5.41, 5.74) is 4.44. The third kappa shape index (κ3) is 4.98. The Labute approximate surface area is 205 Å². The van der Waals surface area contributed by atoms with Gasteiger partial charge in [0.2, 0.25) is 5.91 Å². The SMILES string of the molecule is Cc1ccc([C@H]2Cn3nnc(C(=O)N4CCC(C(=O)N[C@@H](C)c5ccccc5)CC4)c3CO2)cc1. The van der Waals surface area contributed by atoms with Gasteiger partial charge < -0.3 is 15.0 Å². The highest BCUT2D eigenvalue weighted by Gasteiger charge is 2.33. The lowest BCUT2D eigenvalue weighted by Crippen LogP contribution is -2.43. The number of likely N-dealkylation sites (tertiary alicyclic amines) is 1. The number of benzene rings is 2. The number of carbonyl (C=O) groups excluding carboxylic acids is 2. The minimum Gasteiger partial charge on any atom is -0.365 e. The molecule has 182 valence electrons. The van der Waals surface area contributed by atoms with Gasteiger partial charge in [-0.1, -0.05) is 65.4 Å². The molecule has 0 spiro atoms. The molecule has 2 amide bonds. The molecule has 3 aromatic rings. The third-order valence-electron chi connectivity index (χ3n) is 7.06. The fourth-order valence-corrected chi connectivity index (χ4v) is 4.81. The van der Waals surface area contributed by atoms with Gasteiger partial charge in [-0.2, -0.15) is 0 Å². The quantitative estimate of drug-likeness (QED) is 0.612. The summed E-state index contributed by atoms with van der Waals surface area (Å²) >= 11 is 0. The van der Waals surface area contributed by atoms with Crippen LogP contribution in [-0.4, -0.2) is 44.8 Å². The topological polar surface area (TPSA) is 89.4 Å². The van der Waals surface area contributed by atoms with Crippen molar-refractivity contribution in [1.82, 2.24) is 25.2 Å². The number of amides is 2. The first-order chi connectivity index (χ1) is 17.0. The Morgan fingerprint density at radius 1 is 1.06 bits per heavy atom. The molecule has 1 N–H and O–H groups in total. The summed E-state index contributed by atoms with van der Waals surface area (Å²) in [4.78, 5) is 27.8. The molecule has 0 aliphatic carbocycles. The van der Waals surface area contributed by atoms with Gasteiger partial charge in [0.05, 0.1) is 24.9 Å². The van der Waals surface area contributed by atoms with Gasteiger partial charge in [0.25, 0.3) is 5.91 Å². The lowest BCUT2D eigenvalue weighted by Gasteiger charge is -2.32. The molecule has 8 heteroatoms. The number of hydrogen-bond donors (Lipinski definition) is 1. The molecule has 2 atom stereocenters. The normalized spacial score (nSPS) is 19.1. The van der Waals surface area contributed by atoms with Crippen LogP contribution in [0.15, 0.2) is 54.6 Å². The van der Waals surface area contributed by atoms with Crippen molar-refractivity contribution >= 4 is 11.8 Å². The Morgan fingerprint density at radius 3 is 2.49 bits per heavy atom. The van der Waals surface area contributed by atoms with Crippen molar-refractivity contribution < 1.29 is 14.3 Å². The summed E-state index contributed by atoms with van der Waals surface area (Å²) in [5.74, 6) is -0.192. The molecular weight excluding hydrogens is 442 g/mol. The second-order valence-corrected chi connectivity index (χ2v) is 9.48. The largest absolute Gasteiger partial charge is 0.365 e. The number of aryl methyl sites for hydroxylation is 1. The zero-order valence-electron chi connectivity index (χ0n) is 20.2. The number of hydrogen-bond acceptors (Lipinski definition) is 5. The minimum atomic E-state index is -0.139. The zero-order chi connectivity index (χ0) is 24.4. The van der Waals surface area contributed by atoms with E-state index in [4.69, 9.17) is 4.74 Å². The highest BCUT2D eigenvalue weighted by atomic mass is 16.5. The van der Waals surface area contributed by atoms with Crippen LogP contribution in [0.2, 0.25) is 0 Å². The zero-order valence-corrected chi connectivity index (χ0v) is 20.2. The van der Waals surface area contributed by atoms with E-state index in [1.54, 1.807) is 9.58 Å². The van der Waals surface area contributed by atoms with Crippen LogP contribution in [0.4, 0.5) is 0 Å². The lowest BCUT2D eigenvalue weighted by molar-refractivity contribution is -0.127. The molecule has 2 aliphatic heterocycles. The fraction of sp³-hybridized carbons (Fsp3) is 0.407. The molecule has 2 aliphatic rings. The van der Waals surface area contributed by atoms with Crippen molar-refractivity contribution in [2.24, 2.45) is 5.92 Å². The monoisotopic (exact) mass is 473 g/mol. The maximum absolute atomic E-state index is 13.2. The number of fused-ring (bicyclic) bond motifs is 1. The molecule has 8 nitrogen and oxygen atoms in total. The smallest absolute Gasteiger partial charge is 0.276 e. The number of ether oxygens (including phenoxy) is 1. The molecule has 3 heterocycles. The van der Waals surface area contributed by atoms with E-state index in [1.807, 2.05) is 37.3 Å². The molecule has 1 fully saturated rings. The summed E-state index contributed by atoms with van der Waals surface area (Å²) in [5, 5.41) is 11.6. The van der Waals surface area contributed by atoms with Crippen molar-refractivity contribution in [3.8, 4) is 0 Å². The van der Waals surface area contributed by atoms with E-state index in [9.17, 15) is 9.59 Å². The number of piperidine rings is 1. The summed E-state index contributed by atoms with van der Waals surface area (Å²) in [6.07, 6.45) is 1.16. The standard InChI is InChI=1S/C27H31N5O3/c1-18-8-10-21(11-9-18)24-16-32-23(17-35-24)25(29-30-32)27(34)31-14-12-22(13-15-31)26(33)28-19(2)20-6-4-3-5-7-20/h3-11,19,22,24H,12-17H2,1-2H3,(H,28,33)/t19-,24+/m0/s1. The van der Waals surface area contributed by atoms with Crippen molar-refractivity contribution in [3.05, 3.63) is 82.7 Å². The summed E-state index contributed by atoms with van der Waals surface area (Å²) in [6.45, 7) is 5.92. The Bertz CT molecular complexity index is 1180. The molecule has 2 aromatic carbocycles. The van der Waals surface area contributed by atoms with Crippen LogP contribution in [0.1, 0.15) is 64.8 Å². The predicted octanol–water partition coefficient (Wildman–Crippen LogP) is 3.59. The molecule has 0 unspecified atom stereocenters. The van der Waals surface area contributed by atoms with Crippen molar-refractivity contribution in [2.45, 2.75) is 52.0 Å². The van der Waals surface area contributed by atoms with Gasteiger partial charge in [-0.15, -0.1) is 5.10 Å². The number of nitrogens with one attached hydrogen (secondary N) is 1. The Kier molecular flexibility index (Phi) is 6.63. The molecule has 5 rings (SSSR count). The Balaban J connectivity index is 1.17. The summed E-state index contributed by atoms with van der Waals surface area (Å²) in [7, 11) is 0. The highest BCUT2D eigenvalue weighted by molar-refractivity contribution is 5.93. The first kappa shape index (κ1) is 23.2. The maximum atomic E-state index is 13.2. The van der Waals surface area contributed by atoms with Crippen LogP contribution in [0.25, 0.3) is 0 Å². The van der Waals surface area contributed by atoms with Gasteiger partial charge in [-0.3, -0.25) is 9.59 Å². The van der Waals surface area contributed by atoms with Crippen LogP contribution in [0, 0.1) is 12.8 Å². The molecule has 0 bridgehead atoms. The van der Waals surface area contributed by atoms with Crippen LogP contribution < -0.4 is 5.32 Å². The van der Waals surface area contributed by atoms with E-state index < -0.39 is 0 Å². The number of aromatic nitrogens is 3. The molecule has 35 heavy (non-hydrogen) atoms. The lowest BCUT2D eigenvalue weighted by atomic mass is 9.95. The predicted molar refractivity (Wildman–Crippen MR) is 130 cm³/mol. The van der Waals surface area contributed by atoms with Gasteiger partial charge in [0.15, 0.2) is 5.69 Å². The summed E-state index contributed by atoms with van der Waals surface area (Å²) < 4.78 is 7.85. The minimum absolute atomic E-state index is 0.0461. The first-order valence-electron chi connectivity index (χ1n) is 12.2. The van der Waals surface area contributed by atoms with E-state index in [-0.39, 0.29) is 29.9 Å². The van der Waals surface area contributed by atoms with E-state index >= 15 is 0 Å². The number of nitrogens with zero attached hydrogens (tertiary/aromatic N) is 4. The van der Waals surface area contributed by atoms with Crippen LogP contribution >= 0.6 is 0 Å². The summed E-state index contributed by atoms with van der Waals surface area (Å²) in [6, 6.07) is 18.1. The van der Waals surface area contributed by atoms with Gasteiger partial charge in [0.1, 0.15) is 6.10 Å². The number of carbonyl (C=O) groups is 2. The van der Waals surface area contributed by atoms with Gasteiger partial charge in [-0.25, -0.2) is 4.68 Å². The average molecular weight is 474 g/mol. The molecular formula is C27H31N5O3. The average Bonchev–Trinajstić information content (AvgIpc) is 3.32. The second kappa shape index (κ2) is 10.00. The molecule has 1 aromatic heterocycles. The second-order valence-electron chi connectivity index (χ2n) is 9.48. The van der Waals surface area contributed by atoms with Crippen LogP contribution in [0.5, 0.6) is 0 Å². The van der Waals surface area contributed by atoms with E-state index in [1.165, 1.54) is 5.56 Å². The number of rotatable bonds is 5. The van der Waals surface area contributed by atoms with E-state index in [0.717, 1.165) is 16.8 Å². The van der Waals surface area contributed by atoms with Gasteiger partial charge >= 0.3 is 0 Å². The highest BCUT2D eigenvalue weighted by Crippen LogP contribution is 2.28. The van der Waals surface area contributed by atoms with Crippen LogP contribution in [0.3, 0.4) is 0 Å². The van der Waals surface area contributed by atoms with E-state index in [0.29, 0.717) is 44.8 Å². The fourth-order valence-electron chi connectivity index (χ4n) is 4.81. The van der Waals surface area contributed by atoms with E-state index in [2.05, 4.69) is 46.8 Å². The molecule has 1 saturated heterocycles. The maximum Gasteiger partial charge on any atom is 0.276 e. The third-order valence-corrected chi connectivity index (χ3v) is 7.06. The molecule has 0 radical (unpaired) electrons.